The van der Waals surface area contributed by atoms with Gasteiger partial charge in [-0.05, 0) is 42.6 Å². The minimum Gasteiger partial charge on any atom is -0.480 e. The molecule has 1 aliphatic heterocycles. The molecule has 4 heteroatoms. The van der Waals surface area contributed by atoms with E-state index in [9.17, 15) is 9.90 Å². The van der Waals surface area contributed by atoms with Crippen LogP contribution in [0.5, 0.6) is 0 Å². The van der Waals surface area contributed by atoms with Gasteiger partial charge < -0.3 is 5.11 Å². The van der Waals surface area contributed by atoms with Crippen LogP contribution in [0.3, 0.4) is 0 Å². The Morgan fingerprint density at radius 3 is 3.11 bits per heavy atom. The Morgan fingerprint density at radius 2 is 2.28 bits per heavy atom. The van der Waals surface area contributed by atoms with E-state index < -0.39 is 12.0 Å². The van der Waals surface area contributed by atoms with E-state index in [0.717, 1.165) is 25.0 Å². The summed E-state index contributed by atoms with van der Waals surface area (Å²) >= 11 is 1.88. The van der Waals surface area contributed by atoms with Gasteiger partial charge in [-0.25, -0.2) is 0 Å². The highest BCUT2D eigenvalue weighted by atomic mass is 32.2. The minimum atomic E-state index is -0.724. The summed E-state index contributed by atoms with van der Waals surface area (Å²) in [5, 5.41) is 12.6. The number of rotatable bonds is 1. The molecule has 2 unspecified atom stereocenters. The average molecular weight is 263 g/mol. The van der Waals surface area contributed by atoms with E-state index in [2.05, 4.69) is 29.6 Å². The summed E-state index contributed by atoms with van der Waals surface area (Å²) in [6, 6.07) is 8.04. The van der Waals surface area contributed by atoms with Gasteiger partial charge in [0.1, 0.15) is 6.04 Å². The molecule has 2 atom stereocenters. The summed E-state index contributed by atoms with van der Waals surface area (Å²) < 4.78 is 0. The van der Waals surface area contributed by atoms with E-state index in [1.54, 1.807) is 0 Å². The average Bonchev–Trinajstić information content (AvgIpc) is 2.39. The van der Waals surface area contributed by atoms with E-state index in [0.29, 0.717) is 6.42 Å². The van der Waals surface area contributed by atoms with Crippen LogP contribution >= 0.6 is 11.8 Å². The quantitative estimate of drug-likeness (QED) is 0.816. The molecule has 96 valence electrons. The van der Waals surface area contributed by atoms with Gasteiger partial charge in [-0.1, -0.05) is 24.3 Å². The maximum Gasteiger partial charge on any atom is 0.320 e. The highest BCUT2D eigenvalue weighted by Crippen LogP contribution is 2.46. The number of aliphatic carboxylic acids is 1. The number of carboxylic acid groups (broad SMARTS) is 1. The maximum atomic E-state index is 11.2. The zero-order valence-electron chi connectivity index (χ0n) is 10.2. The number of carbonyl (C=O) groups is 1. The molecule has 1 heterocycles. The fraction of sp³-hybridized carbons (Fsp3) is 0.500. The second kappa shape index (κ2) is 4.59. The highest BCUT2D eigenvalue weighted by Gasteiger charge is 2.42. The van der Waals surface area contributed by atoms with Gasteiger partial charge in [0.05, 0.1) is 4.87 Å². The smallest absolute Gasteiger partial charge is 0.320 e. The predicted octanol–water partition coefficient (Wildman–Crippen LogP) is 2.36. The Morgan fingerprint density at radius 1 is 1.44 bits per heavy atom. The van der Waals surface area contributed by atoms with E-state index in [-0.39, 0.29) is 4.87 Å². The third kappa shape index (κ3) is 1.93. The lowest BCUT2D eigenvalue weighted by Crippen LogP contribution is -2.53. The molecule has 0 radical (unpaired) electrons. The summed E-state index contributed by atoms with van der Waals surface area (Å²) in [6.45, 7) is 0. The van der Waals surface area contributed by atoms with Crippen molar-refractivity contribution in [3.63, 3.8) is 0 Å². The molecule has 3 nitrogen and oxygen atoms in total. The van der Waals surface area contributed by atoms with Crippen LogP contribution < -0.4 is 5.32 Å². The molecule has 1 spiro atoms. The van der Waals surface area contributed by atoms with Gasteiger partial charge in [-0.2, -0.15) is 0 Å². The summed E-state index contributed by atoms with van der Waals surface area (Å²) in [6.07, 6.45) is 3.98. The van der Waals surface area contributed by atoms with E-state index >= 15 is 0 Å². The normalized spacial score (nSPS) is 31.0. The standard InChI is InChI=1S/C14H17NO2S/c16-13(17)12-7-9-18-14(15-12)8-3-5-10-4-1-2-6-11(10)14/h1-2,4,6,12,15H,3,5,7-9H2,(H,16,17). The number of hydrogen-bond acceptors (Lipinski definition) is 3. The van der Waals surface area contributed by atoms with Crippen LogP contribution in [0.4, 0.5) is 0 Å². The van der Waals surface area contributed by atoms with Crippen molar-refractivity contribution in [2.75, 3.05) is 5.75 Å². The first-order chi connectivity index (χ1) is 8.71. The molecule has 0 bridgehead atoms. The summed E-state index contributed by atoms with van der Waals surface area (Å²) in [4.78, 5) is 11.1. The Balaban J connectivity index is 1.98. The van der Waals surface area contributed by atoms with E-state index in [1.165, 1.54) is 11.1 Å². The van der Waals surface area contributed by atoms with Crippen molar-refractivity contribution in [3.8, 4) is 0 Å². The van der Waals surface area contributed by atoms with Crippen LogP contribution in [0.1, 0.15) is 30.4 Å². The lowest BCUT2D eigenvalue weighted by atomic mass is 9.86. The molecular weight excluding hydrogens is 246 g/mol. The van der Waals surface area contributed by atoms with E-state index in [4.69, 9.17) is 0 Å². The summed E-state index contributed by atoms with van der Waals surface area (Å²) in [5.74, 6) is 0.191. The number of hydrogen-bond donors (Lipinski definition) is 2. The molecule has 2 aliphatic rings. The SMILES string of the molecule is O=C(O)C1CCSC2(CCCc3ccccc32)N1. The molecule has 1 aromatic carbocycles. The van der Waals surface area contributed by atoms with Crippen molar-refractivity contribution < 1.29 is 9.90 Å². The first kappa shape index (κ1) is 12.1. The van der Waals surface area contributed by atoms with Crippen molar-refractivity contribution in [1.82, 2.24) is 5.32 Å². The summed E-state index contributed by atoms with van der Waals surface area (Å²) in [7, 11) is 0. The van der Waals surface area contributed by atoms with Gasteiger partial charge in [0.25, 0.3) is 0 Å². The fourth-order valence-electron chi connectivity index (χ4n) is 3.03. The van der Waals surface area contributed by atoms with Gasteiger partial charge in [-0.3, -0.25) is 10.1 Å². The molecule has 1 saturated heterocycles. The maximum absolute atomic E-state index is 11.2. The summed E-state index contributed by atoms with van der Waals surface area (Å²) in [5.41, 5.74) is 2.67. The molecule has 2 N–H and O–H groups in total. The van der Waals surface area contributed by atoms with Crippen molar-refractivity contribution in [2.24, 2.45) is 0 Å². The zero-order chi connectivity index (χ0) is 12.6. The van der Waals surface area contributed by atoms with E-state index in [1.807, 2.05) is 11.8 Å². The van der Waals surface area contributed by atoms with Crippen LogP contribution in [0, 0.1) is 0 Å². The Kier molecular flexibility index (Phi) is 3.08. The Bertz CT molecular complexity index is 477. The van der Waals surface area contributed by atoms with Gasteiger partial charge in [-0.15, -0.1) is 11.8 Å². The topological polar surface area (TPSA) is 49.3 Å². The molecule has 1 aromatic rings. The second-order valence-electron chi connectivity index (χ2n) is 5.01. The molecule has 0 amide bonds. The van der Waals surface area contributed by atoms with Gasteiger partial charge in [0.15, 0.2) is 0 Å². The van der Waals surface area contributed by atoms with Gasteiger partial charge >= 0.3 is 5.97 Å². The molecule has 0 aromatic heterocycles. The van der Waals surface area contributed by atoms with Crippen molar-refractivity contribution in [3.05, 3.63) is 35.4 Å². The predicted molar refractivity (Wildman–Crippen MR) is 72.7 cm³/mol. The number of benzene rings is 1. The molecule has 1 aliphatic carbocycles. The zero-order valence-corrected chi connectivity index (χ0v) is 11.0. The Hall–Kier alpha value is -1.00. The van der Waals surface area contributed by atoms with Gasteiger partial charge in [0.2, 0.25) is 0 Å². The number of nitrogens with one attached hydrogen (secondary N) is 1. The molecule has 3 rings (SSSR count). The van der Waals surface area contributed by atoms with Gasteiger partial charge in [0, 0.05) is 0 Å². The number of fused-ring (bicyclic) bond motifs is 2. The third-order valence-electron chi connectivity index (χ3n) is 3.89. The lowest BCUT2D eigenvalue weighted by Gasteiger charge is -2.44. The van der Waals surface area contributed by atoms with Crippen LogP contribution in [0.2, 0.25) is 0 Å². The van der Waals surface area contributed by atoms with Crippen molar-refractivity contribution in [2.45, 2.75) is 36.6 Å². The molecule has 0 saturated carbocycles. The van der Waals surface area contributed by atoms with Crippen LogP contribution in [0.25, 0.3) is 0 Å². The molecule has 18 heavy (non-hydrogen) atoms. The molecule has 1 fully saturated rings. The molecular formula is C14H17NO2S. The minimum absolute atomic E-state index is 0.170. The van der Waals surface area contributed by atoms with Crippen molar-refractivity contribution in [1.29, 1.82) is 0 Å². The van der Waals surface area contributed by atoms with Crippen molar-refractivity contribution >= 4 is 17.7 Å². The largest absolute Gasteiger partial charge is 0.480 e. The monoisotopic (exact) mass is 263 g/mol. The third-order valence-corrected chi connectivity index (χ3v) is 5.36. The van der Waals surface area contributed by atoms with Crippen LogP contribution in [-0.4, -0.2) is 22.9 Å². The first-order valence-electron chi connectivity index (χ1n) is 6.44. The van der Waals surface area contributed by atoms with Crippen LogP contribution in [-0.2, 0) is 16.1 Å². The fourth-order valence-corrected chi connectivity index (χ4v) is 4.60. The highest BCUT2D eigenvalue weighted by molar-refractivity contribution is 8.00. The second-order valence-corrected chi connectivity index (χ2v) is 6.40. The number of carboxylic acids is 1. The van der Waals surface area contributed by atoms with Crippen LogP contribution in [0.15, 0.2) is 24.3 Å². The Labute approximate surface area is 111 Å². The lowest BCUT2D eigenvalue weighted by molar-refractivity contribution is -0.140. The number of thioether (sulfide) groups is 1. The number of aryl methyl sites for hydroxylation is 1. The first-order valence-corrected chi connectivity index (χ1v) is 7.43.